The Hall–Kier alpha value is -4.31. The molecule has 4 rings (SSSR count). The number of nitrogens with zero attached hydrogens (tertiary/aromatic N) is 1. The van der Waals surface area contributed by atoms with Crippen LogP contribution in [0.3, 0.4) is 0 Å². The molecule has 11 heteroatoms. The summed E-state index contributed by atoms with van der Waals surface area (Å²) in [5.41, 5.74) is 3.91. The third kappa shape index (κ3) is 5.92. The molecule has 37 heavy (non-hydrogen) atoms. The summed E-state index contributed by atoms with van der Waals surface area (Å²) in [6, 6.07) is 15.5. The SMILES string of the molecule is Cc1cc(C)cc(NC(=O)c2cc3cc(Cl)ccc3n2NC(=O)C(=O)Nc2cccc(C(F)(F)F)c2)c1. The van der Waals surface area contributed by atoms with Crippen molar-refractivity contribution < 1.29 is 27.6 Å². The second-order valence-corrected chi connectivity index (χ2v) is 8.81. The first-order chi connectivity index (χ1) is 17.4. The van der Waals surface area contributed by atoms with Gasteiger partial charge in [0.05, 0.1) is 11.1 Å². The van der Waals surface area contributed by atoms with E-state index in [1.54, 1.807) is 30.3 Å². The van der Waals surface area contributed by atoms with Crippen molar-refractivity contribution in [1.29, 1.82) is 0 Å². The molecule has 0 aliphatic carbocycles. The Labute approximate surface area is 214 Å². The molecule has 3 aromatic carbocycles. The van der Waals surface area contributed by atoms with E-state index in [-0.39, 0.29) is 11.4 Å². The highest BCUT2D eigenvalue weighted by molar-refractivity contribution is 6.42. The third-order valence-electron chi connectivity index (χ3n) is 5.34. The van der Waals surface area contributed by atoms with Crippen LogP contribution in [0.1, 0.15) is 27.2 Å². The van der Waals surface area contributed by atoms with Gasteiger partial charge in [-0.1, -0.05) is 23.7 Å². The summed E-state index contributed by atoms with van der Waals surface area (Å²) >= 11 is 6.07. The van der Waals surface area contributed by atoms with Crippen LogP contribution in [0, 0.1) is 13.8 Å². The Morgan fingerprint density at radius 2 is 1.51 bits per heavy atom. The molecule has 0 unspecified atom stereocenters. The van der Waals surface area contributed by atoms with Crippen molar-refractivity contribution in [3.63, 3.8) is 0 Å². The number of anilines is 2. The lowest BCUT2D eigenvalue weighted by atomic mass is 10.1. The zero-order valence-electron chi connectivity index (χ0n) is 19.5. The van der Waals surface area contributed by atoms with Crippen molar-refractivity contribution in [3.8, 4) is 0 Å². The molecule has 0 spiro atoms. The lowest BCUT2D eigenvalue weighted by Gasteiger charge is -2.14. The van der Waals surface area contributed by atoms with Gasteiger partial charge in [0.25, 0.3) is 5.91 Å². The summed E-state index contributed by atoms with van der Waals surface area (Å²) in [4.78, 5) is 38.4. The van der Waals surface area contributed by atoms with Crippen molar-refractivity contribution >= 4 is 51.6 Å². The molecule has 7 nitrogen and oxygen atoms in total. The van der Waals surface area contributed by atoms with Crippen LogP contribution in [-0.4, -0.2) is 22.4 Å². The van der Waals surface area contributed by atoms with Gasteiger partial charge in [-0.05, 0) is 79.6 Å². The van der Waals surface area contributed by atoms with Gasteiger partial charge in [0.15, 0.2) is 0 Å². The number of carbonyl (C=O) groups excluding carboxylic acids is 3. The maximum absolute atomic E-state index is 13.2. The topological polar surface area (TPSA) is 92.2 Å². The normalized spacial score (nSPS) is 11.3. The first-order valence-corrected chi connectivity index (χ1v) is 11.3. The number of rotatable bonds is 4. The van der Waals surface area contributed by atoms with E-state index < -0.39 is 29.5 Å². The van der Waals surface area contributed by atoms with E-state index in [9.17, 15) is 27.6 Å². The Morgan fingerprint density at radius 3 is 2.19 bits per heavy atom. The highest BCUT2D eigenvalue weighted by Crippen LogP contribution is 2.30. The number of benzene rings is 3. The number of hydrogen-bond acceptors (Lipinski definition) is 3. The molecule has 0 saturated heterocycles. The Kier molecular flexibility index (Phi) is 6.95. The van der Waals surface area contributed by atoms with Gasteiger partial charge in [0, 0.05) is 21.8 Å². The van der Waals surface area contributed by atoms with E-state index in [4.69, 9.17) is 11.6 Å². The van der Waals surface area contributed by atoms with Crippen LogP contribution in [0.25, 0.3) is 10.9 Å². The van der Waals surface area contributed by atoms with Gasteiger partial charge in [-0.25, -0.2) is 4.68 Å². The highest BCUT2D eigenvalue weighted by atomic mass is 35.5. The van der Waals surface area contributed by atoms with Crippen molar-refractivity contribution in [2.45, 2.75) is 20.0 Å². The van der Waals surface area contributed by atoms with Crippen molar-refractivity contribution in [1.82, 2.24) is 4.68 Å². The second kappa shape index (κ2) is 9.98. The predicted molar refractivity (Wildman–Crippen MR) is 135 cm³/mol. The van der Waals surface area contributed by atoms with Gasteiger partial charge in [-0.2, -0.15) is 13.2 Å². The molecule has 190 valence electrons. The zero-order chi connectivity index (χ0) is 26.9. The fourth-order valence-electron chi connectivity index (χ4n) is 3.83. The molecule has 1 heterocycles. The average Bonchev–Trinajstić information content (AvgIpc) is 3.15. The minimum atomic E-state index is -4.62. The van der Waals surface area contributed by atoms with Gasteiger partial charge in [0.1, 0.15) is 5.69 Å². The lowest BCUT2D eigenvalue weighted by Crippen LogP contribution is -2.36. The molecule has 0 fully saturated rings. The molecule has 0 radical (unpaired) electrons. The van der Waals surface area contributed by atoms with Crippen molar-refractivity contribution in [2.75, 3.05) is 16.1 Å². The summed E-state index contributed by atoms with van der Waals surface area (Å²) in [6.45, 7) is 3.76. The Balaban J connectivity index is 1.61. The molecular weight excluding hydrogens is 509 g/mol. The number of fused-ring (bicyclic) bond motifs is 1. The standard InChI is InChI=1S/C26H20ClF3N4O3/c1-14-8-15(2)10-20(9-14)32-23(35)22-12-16-11-18(27)6-7-21(16)34(22)33-25(37)24(36)31-19-5-3-4-17(13-19)26(28,29)30/h3-13H,1-2H3,(H,31,36)(H,32,35)(H,33,37). The molecule has 0 aliphatic rings. The fraction of sp³-hybridized carbons (Fsp3) is 0.115. The van der Waals surface area contributed by atoms with Crippen LogP contribution in [-0.2, 0) is 15.8 Å². The van der Waals surface area contributed by atoms with Gasteiger partial charge < -0.3 is 10.6 Å². The van der Waals surface area contributed by atoms with Crippen molar-refractivity contribution in [2.24, 2.45) is 0 Å². The molecule has 0 atom stereocenters. The van der Waals surface area contributed by atoms with Gasteiger partial charge >= 0.3 is 18.0 Å². The number of amides is 3. The summed E-state index contributed by atoms with van der Waals surface area (Å²) in [5.74, 6) is -3.00. The molecular formula is C26H20ClF3N4O3. The van der Waals surface area contributed by atoms with Crippen molar-refractivity contribution in [3.05, 3.63) is 94.1 Å². The minimum Gasteiger partial charge on any atom is -0.321 e. The smallest absolute Gasteiger partial charge is 0.321 e. The fourth-order valence-corrected chi connectivity index (χ4v) is 4.01. The summed E-state index contributed by atoms with van der Waals surface area (Å²) in [6.07, 6.45) is -4.62. The van der Waals surface area contributed by atoms with Gasteiger partial charge in [0.2, 0.25) is 0 Å². The van der Waals surface area contributed by atoms with E-state index in [0.29, 0.717) is 27.7 Å². The molecule has 1 aromatic heterocycles. The van der Waals surface area contributed by atoms with Crippen LogP contribution >= 0.6 is 11.6 Å². The average molecular weight is 529 g/mol. The Bertz CT molecular complexity index is 1530. The maximum atomic E-state index is 13.2. The van der Waals surface area contributed by atoms with E-state index in [0.717, 1.165) is 27.9 Å². The van der Waals surface area contributed by atoms with Crippen LogP contribution in [0.15, 0.2) is 66.7 Å². The lowest BCUT2D eigenvalue weighted by molar-refractivity contribution is -0.137. The number of alkyl halides is 3. The second-order valence-electron chi connectivity index (χ2n) is 8.37. The summed E-state index contributed by atoms with van der Waals surface area (Å²) in [5, 5.41) is 5.81. The number of hydrogen-bond donors (Lipinski definition) is 3. The first-order valence-electron chi connectivity index (χ1n) is 10.9. The van der Waals surface area contributed by atoms with Crippen LogP contribution in [0.2, 0.25) is 5.02 Å². The minimum absolute atomic E-state index is 0.00311. The van der Waals surface area contributed by atoms with Crippen LogP contribution in [0.5, 0.6) is 0 Å². The number of aryl methyl sites for hydroxylation is 2. The molecule has 0 saturated carbocycles. The van der Waals surface area contributed by atoms with E-state index in [1.165, 1.54) is 12.1 Å². The third-order valence-corrected chi connectivity index (χ3v) is 5.58. The number of carbonyl (C=O) groups is 3. The van der Waals surface area contributed by atoms with Gasteiger partial charge in [-0.3, -0.25) is 19.8 Å². The summed E-state index contributed by atoms with van der Waals surface area (Å²) in [7, 11) is 0. The number of halogens is 4. The molecule has 0 bridgehead atoms. The first kappa shape index (κ1) is 25.8. The molecule has 3 N–H and O–H groups in total. The zero-order valence-corrected chi connectivity index (χ0v) is 20.3. The monoisotopic (exact) mass is 528 g/mol. The van der Waals surface area contributed by atoms with E-state index in [2.05, 4.69) is 16.1 Å². The largest absolute Gasteiger partial charge is 0.416 e. The maximum Gasteiger partial charge on any atom is 0.416 e. The number of aromatic nitrogens is 1. The number of nitrogens with one attached hydrogen (secondary N) is 3. The predicted octanol–water partition coefficient (Wildman–Crippen LogP) is 5.89. The highest BCUT2D eigenvalue weighted by Gasteiger charge is 2.30. The van der Waals surface area contributed by atoms with E-state index >= 15 is 0 Å². The van der Waals surface area contributed by atoms with E-state index in [1.807, 2.05) is 19.9 Å². The quantitative estimate of drug-likeness (QED) is 0.288. The van der Waals surface area contributed by atoms with Crippen LogP contribution < -0.4 is 16.1 Å². The molecule has 4 aromatic rings. The summed E-state index contributed by atoms with van der Waals surface area (Å²) < 4.78 is 40.0. The molecule has 3 amide bonds. The Morgan fingerprint density at radius 1 is 0.811 bits per heavy atom. The van der Waals surface area contributed by atoms with Crippen LogP contribution in [0.4, 0.5) is 24.5 Å². The van der Waals surface area contributed by atoms with Gasteiger partial charge in [-0.15, -0.1) is 0 Å². The molecule has 0 aliphatic heterocycles.